The number of rotatable bonds is 2. The smallest absolute Gasteiger partial charge is 0.166 e. The number of hydrogen-bond acceptors (Lipinski definition) is 1. The zero-order valence-corrected chi connectivity index (χ0v) is 8.88. The molecule has 72 valence electrons. The highest BCUT2D eigenvalue weighted by atomic mass is 35.5. The van der Waals surface area contributed by atoms with E-state index in [1.54, 1.807) is 12.1 Å². The molecule has 0 fully saturated rings. The fraction of sp³-hybridized carbons (Fsp3) is 0.333. The Morgan fingerprint density at radius 2 is 1.92 bits per heavy atom. The lowest BCUT2D eigenvalue weighted by Gasteiger charge is -2.11. The highest BCUT2D eigenvalue weighted by molar-refractivity contribution is 6.42. The van der Waals surface area contributed by atoms with E-state index in [0.29, 0.717) is 5.69 Å². The minimum Gasteiger partial charge on any atom is -0.380 e. The predicted molar refractivity (Wildman–Crippen MR) is 55.2 cm³/mol. The molecule has 1 nitrogen and oxygen atoms in total. The van der Waals surface area contributed by atoms with Gasteiger partial charge in [0.1, 0.15) is 0 Å². The molecule has 0 bridgehead atoms. The minimum atomic E-state index is -0.497. The van der Waals surface area contributed by atoms with Crippen molar-refractivity contribution in [3.8, 4) is 0 Å². The first kappa shape index (κ1) is 10.6. The first-order valence-electron chi connectivity index (χ1n) is 3.92. The summed E-state index contributed by atoms with van der Waals surface area (Å²) in [6.45, 7) is 3.84. The summed E-state index contributed by atoms with van der Waals surface area (Å²) < 4.78 is 13.3. The number of hydrogen-bond donors (Lipinski definition) is 1. The second-order valence-electron chi connectivity index (χ2n) is 3.02. The molecule has 0 aliphatic rings. The van der Waals surface area contributed by atoms with Crippen LogP contribution in [0.1, 0.15) is 13.8 Å². The first-order chi connectivity index (χ1) is 6.02. The van der Waals surface area contributed by atoms with Gasteiger partial charge in [-0.3, -0.25) is 0 Å². The summed E-state index contributed by atoms with van der Waals surface area (Å²) in [5.74, 6) is -0.497. The van der Waals surface area contributed by atoms with Gasteiger partial charge in [-0.25, -0.2) is 4.39 Å². The Morgan fingerprint density at radius 1 is 1.31 bits per heavy atom. The van der Waals surface area contributed by atoms with Crippen molar-refractivity contribution >= 4 is 28.9 Å². The van der Waals surface area contributed by atoms with Gasteiger partial charge >= 0.3 is 0 Å². The molecule has 1 aromatic rings. The maximum Gasteiger partial charge on any atom is 0.166 e. The molecule has 0 spiro atoms. The molecule has 0 saturated carbocycles. The van der Waals surface area contributed by atoms with E-state index in [-0.39, 0.29) is 16.1 Å². The van der Waals surface area contributed by atoms with Gasteiger partial charge in [0.2, 0.25) is 0 Å². The van der Waals surface area contributed by atoms with Crippen LogP contribution in [0, 0.1) is 5.82 Å². The number of nitrogens with one attached hydrogen (secondary N) is 1. The van der Waals surface area contributed by atoms with Crippen molar-refractivity contribution in [3.05, 3.63) is 28.0 Å². The van der Waals surface area contributed by atoms with Crippen molar-refractivity contribution in [1.29, 1.82) is 0 Å². The van der Waals surface area contributed by atoms with Crippen molar-refractivity contribution in [1.82, 2.24) is 0 Å². The van der Waals surface area contributed by atoms with Gasteiger partial charge in [-0.2, -0.15) is 0 Å². The van der Waals surface area contributed by atoms with E-state index < -0.39 is 5.82 Å². The Hall–Kier alpha value is -0.470. The second kappa shape index (κ2) is 4.16. The molecule has 0 aliphatic heterocycles. The maximum atomic E-state index is 13.3. The molecular weight excluding hydrogens is 212 g/mol. The van der Waals surface area contributed by atoms with Crippen LogP contribution in [-0.2, 0) is 0 Å². The van der Waals surface area contributed by atoms with Crippen LogP contribution in [0.2, 0.25) is 10.0 Å². The standard InChI is InChI=1S/C9H10Cl2FN/c1-5(2)13-7-4-3-6(10)8(11)9(7)12/h3-5,13H,1-2H3. The van der Waals surface area contributed by atoms with E-state index in [9.17, 15) is 4.39 Å². The fourth-order valence-corrected chi connectivity index (χ4v) is 1.26. The van der Waals surface area contributed by atoms with Crippen molar-refractivity contribution in [3.63, 3.8) is 0 Å². The van der Waals surface area contributed by atoms with Gasteiger partial charge in [0.25, 0.3) is 0 Å². The average Bonchev–Trinajstić information content (AvgIpc) is 2.06. The molecule has 13 heavy (non-hydrogen) atoms. The van der Waals surface area contributed by atoms with Gasteiger partial charge in [0.05, 0.1) is 15.7 Å². The van der Waals surface area contributed by atoms with Crippen LogP contribution >= 0.6 is 23.2 Å². The zero-order valence-electron chi connectivity index (χ0n) is 7.37. The van der Waals surface area contributed by atoms with E-state index in [2.05, 4.69) is 5.32 Å². The lowest BCUT2D eigenvalue weighted by molar-refractivity contribution is 0.628. The van der Waals surface area contributed by atoms with Gasteiger partial charge in [0.15, 0.2) is 5.82 Å². The van der Waals surface area contributed by atoms with Crippen molar-refractivity contribution in [2.75, 3.05) is 5.32 Å². The highest BCUT2D eigenvalue weighted by Crippen LogP contribution is 2.29. The summed E-state index contributed by atoms with van der Waals surface area (Å²) in [6.07, 6.45) is 0. The van der Waals surface area contributed by atoms with Crippen molar-refractivity contribution in [2.45, 2.75) is 19.9 Å². The zero-order chi connectivity index (χ0) is 10.0. The lowest BCUT2D eigenvalue weighted by Crippen LogP contribution is -2.11. The molecule has 0 atom stereocenters. The monoisotopic (exact) mass is 221 g/mol. The van der Waals surface area contributed by atoms with Crippen LogP contribution in [0.25, 0.3) is 0 Å². The minimum absolute atomic E-state index is 0.0349. The third-order valence-corrected chi connectivity index (χ3v) is 2.26. The number of halogens is 3. The quantitative estimate of drug-likeness (QED) is 0.747. The van der Waals surface area contributed by atoms with Gasteiger partial charge in [-0.05, 0) is 26.0 Å². The molecule has 1 N–H and O–H groups in total. The van der Waals surface area contributed by atoms with Crippen LogP contribution in [0.4, 0.5) is 10.1 Å². The largest absolute Gasteiger partial charge is 0.380 e. The number of anilines is 1. The topological polar surface area (TPSA) is 12.0 Å². The summed E-state index contributed by atoms with van der Waals surface area (Å²) in [4.78, 5) is 0. The summed E-state index contributed by atoms with van der Waals surface area (Å²) in [5.41, 5.74) is 0.379. The fourth-order valence-electron chi connectivity index (χ4n) is 0.948. The van der Waals surface area contributed by atoms with E-state index in [0.717, 1.165) is 0 Å². The van der Waals surface area contributed by atoms with E-state index in [1.165, 1.54) is 0 Å². The SMILES string of the molecule is CC(C)Nc1ccc(Cl)c(Cl)c1F. The van der Waals surface area contributed by atoms with Gasteiger partial charge < -0.3 is 5.32 Å². The Morgan fingerprint density at radius 3 is 2.46 bits per heavy atom. The molecule has 0 heterocycles. The van der Waals surface area contributed by atoms with Gasteiger partial charge in [0, 0.05) is 6.04 Å². The van der Waals surface area contributed by atoms with Crippen molar-refractivity contribution in [2.24, 2.45) is 0 Å². The first-order valence-corrected chi connectivity index (χ1v) is 4.68. The molecule has 0 amide bonds. The van der Waals surface area contributed by atoms with Crippen molar-refractivity contribution < 1.29 is 4.39 Å². The summed E-state index contributed by atoms with van der Waals surface area (Å²) in [7, 11) is 0. The van der Waals surface area contributed by atoms with Crippen LogP contribution < -0.4 is 5.32 Å². The van der Waals surface area contributed by atoms with E-state index in [1.807, 2.05) is 13.8 Å². The molecular formula is C9H10Cl2FN. The predicted octanol–water partition coefficient (Wildman–Crippen LogP) is 3.95. The summed E-state index contributed by atoms with van der Waals surface area (Å²) in [6, 6.07) is 3.30. The Kier molecular flexibility index (Phi) is 3.40. The molecule has 0 aromatic heterocycles. The maximum absolute atomic E-state index is 13.3. The molecule has 4 heteroatoms. The van der Waals surface area contributed by atoms with Gasteiger partial charge in [-0.15, -0.1) is 0 Å². The molecule has 0 radical (unpaired) electrons. The van der Waals surface area contributed by atoms with Gasteiger partial charge in [-0.1, -0.05) is 23.2 Å². The summed E-state index contributed by atoms with van der Waals surface area (Å²) in [5, 5.41) is 3.12. The second-order valence-corrected chi connectivity index (χ2v) is 3.81. The summed E-state index contributed by atoms with van der Waals surface area (Å²) >= 11 is 11.2. The molecule has 1 rings (SSSR count). The Bertz CT molecular complexity index is 313. The average molecular weight is 222 g/mol. The van der Waals surface area contributed by atoms with E-state index >= 15 is 0 Å². The molecule has 0 saturated heterocycles. The molecule has 0 aliphatic carbocycles. The van der Waals surface area contributed by atoms with Crippen LogP contribution in [0.15, 0.2) is 12.1 Å². The molecule has 1 aromatic carbocycles. The third-order valence-electron chi connectivity index (χ3n) is 1.48. The highest BCUT2D eigenvalue weighted by Gasteiger charge is 2.10. The molecule has 0 unspecified atom stereocenters. The van der Waals surface area contributed by atoms with Crippen LogP contribution in [-0.4, -0.2) is 6.04 Å². The number of benzene rings is 1. The van der Waals surface area contributed by atoms with Crippen LogP contribution in [0.3, 0.4) is 0 Å². The normalized spacial score (nSPS) is 10.6. The van der Waals surface area contributed by atoms with Crippen LogP contribution in [0.5, 0.6) is 0 Å². The lowest BCUT2D eigenvalue weighted by atomic mass is 10.2. The van der Waals surface area contributed by atoms with E-state index in [4.69, 9.17) is 23.2 Å². The Labute approximate surface area is 86.8 Å². The Balaban J connectivity index is 3.04. The third kappa shape index (κ3) is 2.48.